The van der Waals surface area contributed by atoms with Crippen molar-refractivity contribution < 1.29 is 8.78 Å². The van der Waals surface area contributed by atoms with Crippen molar-refractivity contribution in [1.29, 1.82) is 0 Å². The van der Waals surface area contributed by atoms with Crippen LogP contribution in [0.1, 0.15) is 0 Å². The third-order valence-electron chi connectivity index (χ3n) is 4.75. The van der Waals surface area contributed by atoms with Crippen LogP contribution in [0.4, 0.5) is 8.78 Å². The Morgan fingerprint density at radius 3 is 1.17 bits per heavy atom. The maximum Gasteiger partial charge on any atom is 0.123 e. The lowest BCUT2D eigenvalue weighted by Crippen LogP contribution is -1.84. The van der Waals surface area contributed by atoms with Crippen LogP contribution >= 0.6 is 0 Å². The summed E-state index contributed by atoms with van der Waals surface area (Å²) in [7, 11) is 0. The molecule has 5 rings (SSSR count). The minimum atomic E-state index is -0.226. The van der Waals surface area contributed by atoms with E-state index in [1.54, 1.807) is 12.1 Å². The molecule has 0 radical (unpaired) electrons. The van der Waals surface area contributed by atoms with Gasteiger partial charge in [-0.3, -0.25) is 0 Å². The minimum Gasteiger partial charge on any atom is -0.207 e. The van der Waals surface area contributed by atoms with Gasteiger partial charge in [-0.2, -0.15) is 0 Å². The van der Waals surface area contributed by atoms with E-state index in [1.807, 2.05) is 36.4 Å². The highest BCUT2D eigenvalue weighted by molar-refractivity contribution is 6.22. The van der Waals surface area contributed by atoms with Crippen LogP contribution in [-0.4, -0.2) is 0 Å². The summed E-state index contributed by atoms with van der Waals surface area (Å²) >= 11 is 0. The van der Waals surface area contributed by atoms with E-state index >= 15 is 0 Å². The lowest BCUT2D eigenvalue weighted by Gasteiger charge is -2.10. The Hall–Kier alpha value is -3.00. The van der Waals surface area contributed by atoms with Gasteiger partial charge < -0.3 is 0 Å². The molecule has 0 nitrogen and oxygen atoms in total. The molecule has 0 aliphatic carbocycles. The Kier molecular flexibility index (Phi) is 2.66. The van der Waals surface area contributed by atoms with Gasteiger partial charge >= 0.3 is 0 Å². The lowest BCUT2D eigenvalue weighted by atomic mass is 9.94. The summed E-state index contributed by atoms with van der Waals surface area (Å²) in [6.45, 7) is 0. The molecule has 0 bridgehead atoms. The maximum absolute atomic E-state index is 13.5. The molecule has 114 valence electrons. The van der Waals surface area contributed by atoms with Gasteiger partial charge in [0.2, 0.25) is 0 Å². The molecule has 24 heavy (non-hydrogen) atoms. The molecule has 0 fully saturated rings. The van der Waals surface area contributed by atoms with E-state index in [2.05, 4.69) is 12.1 Å². The molecule has 5 aromatic carbocycles. The molecule has 0 N–H and O–H groups in total. The van der Waals surface area contributed by atoms with Gasteiger partial charge in [-0.05, 0) is 67.4 Å². The predicted molar refractivity (Wildman–Crippen MR) is 96.4 cm³/mol. The molecular weight excluding hydrogens is 302 g/mol. The van der Waals surface area contributed by atoms with E-state index in [4.69, 9.17) is 0 Å². The van der Waals surface area contributed by atoms with Crippen molar-refractivity contribution in [1.82, 2.24) is 0 Å². The van der Waals surface area contributed by atoms with Crippen LogP contribution in [0.25, 0.3) is 43.1 Å². The zero-order valence-electron chi connectivity index (χ0n) is 12.7. The van der Waals surface area contributed by atoms with E-state index in [1.165, 1.54) is 12.1 Å². The van der Waals surface area contributed by atoms with Crippen molar-refractivity contribution in [2.45, 2.75) is 0 Å². The van der Waals surface area contributed by atoms with Gasteiger partial charge in [0.15, 0.2) is 0 Å². The minimum absolute atomic E-state index is 0.226. The molecule has 0 spiro atoms. The van der Waals surface area contributed by atoms with Crippen molar-refractivity contribution in [2.75, 3.05) is 0 Å². The van der Waals surface area contributed by atoms with Crippen LogP contribution in [0.15, 0.2) is 72.8 Å². The highest BCUT2D eigenvalue weighted by Crippen LogP contribution is 2.34. The van der Waals surface area contributed by atoms with Gasteiger partial charge in [0.05, 0.1) is 0 Å². The fourth-order valence-electron chi connectivity index (χ4n) is 3.64. The first-order chi connectivity index (χ1) is 11.7. The Bertz CT molecular complexity index is 1170. The Morgan fingerprint density at radius 1 is 0.375 bits per heavy atom. The number of halogens is 2. The molecule has 0 aromatic heterocycles. The largest absolute Gasteiger partial charge is 0.207 e. The molecular formula is C22H12F2. The molecule has 0 amide bonds. The molecule has 0 saturated carbocycles. The van der Waals surface area contributed by atoms with Gasteiger partial charge in [0.25, 0.3) is 0 Å². The summed E-state index contributed by atoms with van der Waals surface area (Å²) in [4.78, 5) is 0. The van der Waals surface area contributed by atoms with Gasteiger partial charge in [-0.1, -0.05) is 48.5 Å². The standard InChI is InChI=1S/C22H12F2/c23-15-3-7-17-13(11-15)1-5-21-19(17)9-10-20-18-8-4-16(24)12-14(18)2-6-22(20)21/h1-12H. The van der Waals surface area contributed by atoms with Crippen LogP contribution in [0.5, 0.6) is 0 Å². The molecule has 0 atom stereocenters. The van der Waals surface area contributed by atoms with Crippen molar-refractivity contribution >= 4 is 43.1 Å². The number of fused-ring (bicyclic) bond motifs is 7. The average molecular weight is 314 g/mol. The molecule has 0 unspecified atom stereocenters. The van der Waals surface area contributed by atoms with Gasteiger partial charge in [-0.25, -0.2) is 8.78 Å². The monoisotopic (exact) mass is 314 g/mol. The lowest BCUT2D eigenvalue weighted by molar-refractivity contribution is 0.629. The zero-order valence-corrected chi connectivity index (χ0v) is 12.7. The fraction of sp³-hybridized carbons (Fsp3) is 0. The van der Waals surface area contributed by atoms with E-state index in [-0.39, 0.29) is 11.6 Å². The van der Waals surface area contributed by atoms with Gasteiger partial charge in [-0.15, -0.1) is 0 Å². The van der Waals surface area contributed by atoms with E-state index in [9.17, 15) is 8.78 Å². The Balaban J connectivity index is 1.97. The SMILES string of the molecule is Fc1ccc2c(ccc3c2ccc2c4ccc(F)cc4ccc23)c1. The normalized spacial score (nSPS) is 11.8. The van der Waals surface area contributed by atoms with Crippen LogP contribution in [-0.2, 0) is 0 Å². The summed E-state index contributed by atoms with van der Waals surface area (Å²) in [5.74, 6) is -0.452. The van der Waals surface area contributed by atoms with Crippen LogP contribution < -0.4 is 0 Å². The summed E-state index contributed by atoms with van der Waals surface area (Å²) < 4.78 is 26.9. The second-order valence-electron chi connectivity index (χ2n) is 6.12. The fourth-order valence-corrected chi connectivity index (χ4v) is 3.64. The van der Waals surface area contributed by atoms with Crippen LogP contribution in [0.2, 0.25) is 0 Å². The van der Waals surface area contributed by atoms with Gasteiger partial charge in [0.1, 0.15) is 11.6 Å². The zero-order chi connectivity index (χ0) is 16.3. The molecule has 5 aromatic rings. The summed E-state index contributed by atoms with van der Waals surface area (Å²) in [6, 6.07) is 21.9. The van der Waals surface area contributed by atoms with E-state index < -0.39 is 0 Å². The summed E-state index contributed by atoms with van der Waals surface area (Å²) in [5.41, 5.74) is 0. The number of hydrogen-bond donors (Lipinski definition) is 0. The highest BCUT2D eigenvalue weighted by Gasteiger charge is 2.08. The molecule has 0 aliphatic rings. The van der Waals surface area contributed by atoms with E-state index in [0.717, 1.165) is 43.1 Å². The molecule has 2 heteroatoms. The third-order valence-corrected chi connectivity index (χ3v) is 4.75. The van der Waals surface area contributed by atoms with Crippen molar-refractivity contribution in [3.63, 3.8) is 0 Å². The Labute approximate surface area is 136 Å². The average Bonchev–Trinajstić information content (AvgIpc) is 2.60. The maximum atomic E-state index is 13.5. The number of benzene rings is 5. The van der Waals surface area contributed by atoms with Crippen molar-refractivity contribution in [3.8, 4) is 0 Å². The summed E-state index contributed by atoms with van der Waals surface area (Å²) in [6.07, 6.45) is 0. The first-order valence-electron chi connectivity index (χ1n) is 7.84. The first kappa shape index (κ1) is 13.4. The topological polar surface area (TPSA) is 0 Å². The number of hydrogen-bond acceptors (Lipinski definition) is 0. The van der Waals surface area contributed by atoms with Crippen molar-refractivity contribution in [2.24, 2.45) is 0 Å². The quantitative estimate of drug-likeness (QED) is 0.283. The first-order valence-corrected chi connectivity index (χ1v) is 7.84. The van der Waals surface area contributed by atoms with Crippen LogP contribution in [0.3, 0.4) is 0 Å². The third kappa shape index (κ3) is 1.83. The van der Waals surface area contributed by atoms with Crippen LogP contribution in [0, 0.1) is 11.6 Å². The van der Waals surface area contributed by atoms with Gasteiger partial charge in [0, 0.05) is 0 Å². The van der Waals surface area contributed by atoms with Crippen molar-refractivity contribution in [3.05, 3.63) is 84.4 Å². The summed E-state index contributed by atoms with van der Waals surface area (Å²) in [5, 5.41) is 8.30. The smallest absolute Gasteiger partial charge is 0.123 e. The highest BCUT2D eigenvalue weighted by atomic mass is 19.1. The molecule has 0 aliphatic heterocycles. The molecule has 0 heterocycles. The Morgan fingerprint density at radius 2 is 0.708 bits per heavy atom. The number of rotatable bonds is 0. The molecule has 0 saturated heterocycles. The second kappa shape index (κ2) is 4.75. The van der Waals surface area contributed by atoms with E-state index in [0.29, 0.717) is 0 Å². The predicted octanol–water partition coefficient (Wildman–Crippen LogP) is 6.58. The second-order valence-corrected chi connectivity index (χ2v) is 6.12.